The lowest BCUT2D eigenvalue weighted by atomic mass is 9.95. The Bertz CT molecular complexity index is 477. The van der Waals surface area contributed by atoms with E-state index in [0.29, 0.717) is 13.2 Å². The number of benzene rings is 1. The molecule has 0 amide bonds. The zero-order chi connectivity index (χ0) is 14.6. The second-order valence-corrected chi connectivity index (χ2v) is 5.25. The SMILES string of the molecule is COCCCOC(=O)C1(c2ccc(C)c(OC)c2)CC1. The van der Waals surface area contributed by atoms with Crippen molar-refractivity contribution in [3.63, 3.8) is 0 Å². The van der Waals surface area contributed by atoms with Crippen LogP contribution >= 0.6 is 0 Å². The van der Waals surface area contributed by atoms with Gasteiger partial charge in [-0.15, -0.1) is 0 Å². The average Bonchev–Trinajstić information content (AvgIpc) is 3.25. The molecule has 0 aliphatic heterocycles. The molecular formula is C16H22O4. The largest absolute Gasteiger partial charge is 0.496 e. The van der Waals surface area contributed by atoms with E-state index in [1.807, 2.05) is 25.1 Å². The Morgan fingerprint density at radius 3 is 2.60 bits per heavy atom. The van der Waals surface area contributed by atoms with Crippen molar-refractivity contribution in [2.75, 3.05) is 27.4 Å². The molecule has 0 heterocycles. The number of methoxy groups -OCH3 is 2. The molecule has 0 unspecified atom stereocenters. The van der Waals surface area contributed by atoms with Crippen LogP contribution in [0.25, 0.3) is 0 Å². The number of rotatable bonds is 7. The first-order valence-corrected chi connectivity index (χ1v) is 6.95. The molecule has 20 heavy (non-hydrogen) atoms. The summed E-state index contributed by atoms with van der Waals surface area (Å²) in [4.78, 5) is 12.3. The molecule has 0 saturated heterocycles. The Balaban J connectivity index is 2.05. The average molecular weight is 278 g/mol. The summed E-state index contributed by atoms with van der Waals surface area (Å²) in [6.07, 6.45) is 2.43. The highest BCUT2D eigenvalue weighted by molar-refractivity contribution is 5.86. The van der Waals surface area contributed by atoms with Crippen LogP contribution in [0.2, 0.25) is 0 Å². The van der Waals surface area contributed by atoms with Crippen molar-refractivity contribution in [3.8, 4) is 5.75 Å². The molecule has 2 rings (SSSR count). The van der Waals surface area contributed by atoms with Crippen molar-refractivity contribution in [3.05, 3.63) is 29.3 Å². The first-order valence-electron chi connectivity index (χ1n) is 6.95. The molecule has 110 valence electrons. The number of carbonyl (C=O) groups is 1. The van der Waals surface area contributed by atoms with E-state index in [9.17, 15) is 4.79 Å². The maximum absolute atomic E-state index is 12.3. The van der Waals surface area contributed by atoms with Crippen molar-refractivity contribution < 1.29 is 19.0 Å². The normalized spacial score (nSPS) is 15.8. The van der Waals surface area contributed by atoms with E-state index in [-0.39, 0.29) is 5.97 Å². The minimum atomic E-state index is -0.450. The number of aryl methyl sites for hydroxylation is 1. The molecule has 1 aliphatic rings. The van der Waals surface area contributed by atoms with Crippen LogP contribution in [0.5, 0.6) is 5.75 Å². The first kappa shape index (κ1) is 14.9. The smallest absolute Gasteiger partial charge is 0.316 e. The van der Waals surface area contributed by atoms with Crippen LogP contribution in [0.1, 0.15) is 30.4 Å². The molecule has 1 fully saturated rings. The van der Waals surface area contributed by atoms with Gasteiger partial charge in [-0.05, 0) is 37.0 Å². The third-order valence-electron chi connectivity index (χ3n) is 3.83. The Labute approximate surface area is 120 Å². The lowest BCUT2D eigenvalue weighted by Gasteiger charge is -2.16. The van der Waals surface area contributed by atoms with E-state index in [1.54, 1.807) is 14.2 Å². The van der Waals surface area contributed by atoms with Crippen LogP contribution in [-0.2, 0) is 19.7 Å². The number of ether oxygens (including phenoxy) is 3. The summed E-state index contributed by atoms with van der Waals surface area (Å²) in [6, 6.07) is 5.95. The summed E-state index contributed by atoms with van der Waals surface area (Å²) in [6.45, 7) is 3.02. The minimum absolute atomic E-state index is 0.125. The van der Waals surface area contributed by atoms with E-state index in [0.717, 1.165) is 36.1 Å². The van der Waals surface area contributed by atoms with Gasteiger partial charge in [0.1, 0.15) is 5.75 Å². The van der Waals surface area contributed by atoms with E-state index in [1.165, 1.54) is 0 Å². The Kier molecular flexibility index (Phi) is 4.65. The molecule has 1 aromatic carbocycles. The monoisotopic (exact) mass is 278 g/mol. The third-order valence-corrected chi connectivity index (χ3v) is 3.83. The van der Waals surface area contributed by atoms with E-state index >= 15 is 0 Å². The fourth-order valence-electron chi connectivity index (χ4n) is 2.36. The van der Waals surface area contributed by atoms with Crippen LogP contribution in [-0.4, -0.2) is 33.4 Å². The highest BCUT2D eigenvalue weighted by Crippen LogP contribution is 2.50. The zero-order valence-electron chi connectivity index (χ0n) is 12.4. The van der Waals surface area contributed by atoms with Gasteiger partial charge in [-0.1, -0.05) is 12.1 Å². The molecule has 0 N–H and O–H groups in total. The fraction of sp³-hybridized carbons (Fsp3) is 0.562. The third kappa shape index (κ3) is 2.96. The van der Waals surface area contributed by atoms with Gasteiger partial charge < -0.3 is 14.2 Å². The molecule has 4 heteroatoms. The molecular weight excluding hydrogens is 256 g/mol. The molecule has 4 nitrogen and oxygen atoms in total. The van der Waals surface area contributed by atoms with E-state index in [2.05, 4.69) is 0 Å². The summed E-state index contributed by atoms with van der Waals surface area (Å²) in [5.41, 5.74) is 1.62. The predicted molar refractivity (Wildman–Crippen MR) is 76.1 cm³/mol. The van der Waals surface area contributed by atoms with Crippen LogP contribution in [0, 0.1) is 6.92 Å². The fourth-order valence-corrected chi connectivity index (χ4v) is 2.36. The lowest BCUT2D eigenvalue weighted by molar-refractivity contribution is -0.147. The maximum Gasteiger partial charge on any atom is 0.316 e. The van der Waals surface area contributed by atoms with Gasteiger partial charge in [-0.2, -0.15) is 0 Å². The Hall–Kier alpha value is -1.55. The van der Waals surface area contributed by atoms with E-state index < -0.39 is 5.41 Å². The number of hydrogen-bond donors (Lipinski definition) is 0. The van der Waals surface area contributed by atoms with E-state index in [4.69, 9.17) is 14.2 Å². The Morgan fingerprint density at radius 1 is 1.25 bits per heavy atom. The van der Waals surface area contributed by atoms with Gasteiger partial charge in [-0.3, -0.25) is 4.79 Å². The van der Waals surface area contributed by atoms with Gasteiger partial charge >= 0.3 is 5.97 Å². The van der Waals surface area contributed by atoms with Crippen LogP contribution in [0.3, 0.4) is 0 Å². The summed E-state index contributed by atoms with van der Waals surface area (Å²) >= 11 is 0. The standard InChI is InChI=1S/C16H22O4/c1-12-5-6-13(11-14(12)19-3)16(7-8-16)15(17)20-10-4-9-18-2/h5-6,11H,4,7-10H2,1-3H3. The quantitative estimate of drug-likeness (QED) is 0.568. The van der Waals surface area contributed by atoms with Gasteiger partial charge in [0, 0.05) is 20.1 Å². The van der Waals surface area contributed by atoms with Crippen LogP contribution in [0.15, 0.2) is 18.2 Å². The highest BCUT2D eigenvalue weighted by atomic mass is 16.5. The van der Waals surface area contributed by atoms with Gasteiger partial charge in [0.05, 0.1) is 19.1 Å². The van der Waals surface area contributed by atoms with Crippen molar-refractivity contribution >= 4 is 5.97 Å². The number of carbonyl (C=O) groups excluding carboxylic acids is 1. The van der Waals surface area contributed by atoms with Gasteiger partial charge in [0.15, 0.2) is 0 Å². The predicted octanol–water partition coefficient (Wildman–Crippen LogP) is 2.61. The van der Waals surface area contributed by atoms with Gasteiger partial charge in [0.2, 0.25) is 0 Å². The minimum Gasteiger partial charge on any atom is -0.496 e. The topological polar surface area (TPSA) is 44.8 Å². The molecule has 1 saturated carbocycles. The second-order valence-electron chi connectivity index (χ2n) is 5.25. The summed E-state index contributed by atoms with van der Waals surface area (Å²) in [5.74, 6) is 0.695. The van der Waals surface area contributed by atoms with Crippen molar-refractivity contribution in [2.45, 2.75) is 31.6 Å². The molecule has 0 bridgehead atoms. The van der Waals surface area contributed by atoms with Crippen LogP contribution < -0.4 is 4.74 Å². The summed E-state index contributed by atoms with van der Waals surface area (Å²) < 4.78 is 15.6. The first-order chi connectivity index (χ1) is 9.64. The molecule has 0 aromatic heterocycles. The van der Waals surface area contributed by atoms with Crippen molar-refractivity contribution in [1.29, 1.82) is 0 Å². The van der Waals surface area contributed by atoms with Crippen molar-refractivity contribution in [1.82, 2.24) is 0 Å². The zero-order valence-corrected chi connectivity index (χ0v) is 12.4. The van der Waals surface area contributed by atoms with Crippen molar-refractivity contribution in [2.24, 2.45) is 0 Å². The number of esters is 1. The lowest BCUT2D eigenvalue weighted by Crippen LogP contribution is -2.24. The summed E-state index contributed by atoms with van der Waals surface area (Å²) in [7, 11) is 3.29. The summed E-state index contributed by atoms with van der Waals surface area (Å²) in [5, 5.41) is 0. The van der Waals surface area contributed by atoms with Gasteiger partial charge in [0.25, 0.3) is 0 Å². The molecule has 1 aromatic rings. The number of hydrogen-bond acceptors (Lipinski definition) is 4. The Morgan fingerprint density at radius 2 is 2.00 bits per heavy atom. The van der Waals surface area contributed by atoms with Gasteiger partial charge in [-0.25, -0.2) is 0 Å². The molecule has 0 atom stereocenters. The van der Waals surface area contributed by atoms with Crippen LogP contribution in [0.4, 0.5) is 0 Å². The molecule has 1 aliphatic carbocycles. The second kappa shape index (κ2) is 6.27. The maximum atomic E-state index is 12.3. The molecule has 0 spiro atoms. The molecule has 0 radical (unpaired) electrons. The highest BCUT2D eigenvalue weighted by Gasteiger charge is 2.53.